The van der Waals surface area contributed by atoms with Crippen molar-refractivity contribution in [3.05, 3.63) is 102 Å². The Bertz CT molecular complexity index is 903. The molecule has 1 amide bonds. The zero-order chi connectivity index (χ0) is 19.9. The summed E-state index contributed by atoms with van der Waals surface area (Å²) in [6, 6.07) is 24.2. The van der Waals surface area contributed by atoms with Gasteiger partial charge in [0.2, 0.25) is 5.91 Å². The lowest BCUT2D eigenvalue weighted by molar-refractivity contribution is -0.122. The van der Waals surface area contributed by atoms with Crippen LogP contribution in [0.5, 0.6) is 0 Å². The van der Waals surface area contributed by atoms with Crippen molar-refractivity contribution < 1.29 is 9.53 Å². The average Bonchev–Trinajstić information content (AvgIpc) is 3.16. The van der Waals surface area contributed by atoms with Gasteiger partial charge in [-0.05, 0) is 17.2 Å². The maximum absolute atomic E-state index is 12.6. The summed E-state index contributed by atoms with van der Waals surface area (Å²) in [7, 11) is 0. The Morgan fingerprint density at radius 3 is 2.41 bits per heavy atom. The van der Waals surface area contributed by atoms with Crippen molar-refractivity contribution in [1.29, 1.82) is 0 Å². The summed E-state index contributed by atoms with van der Waals surface area (Å²) in [6.07, 6.45) is 3.79. The summed E-state index contributed by atoms with van der Waals surface area (Å²) < 4.78 is 6.11. The van der Waals surface area contributed by atoms with Gasteiger partial charge in [0.1, 0.15) is 6.23 Å². The minimum atomic E-state index is -0.198. The molecule has 0 aliphatic carbocycles. The largest absolute Gasteiger partial charge is 0.357 e. The zero-order valence-electron chi connectivity index (χ0n) is 16.3. The first-order valence-electron chi connectivity index (χ1n) is 9.91. The second-order valence-corrected chi connectivity index (χ2v) is 7.25. The van der Waals surface area contributed by atoms with Crippen LogP contribution < -0.4 is 5.32 Å². The Morgan fingerprint density at radius 2 is 1.72 bits per heavy atom. The predicted octanol–water partition coefficient (Wildman–Crippen LogP) is 3.69. The minimum absolute atomic E-state index is 0.0104. The first-order chi connectivity index (χ1) is 14.3. The number of carbonyl (C=O) groups is 1. The summed E-state index contributed by atoms with van der Waals surface area (Å²) in [5.74, 6) is 0.0346. The molecule has 1 saturated heterocycles. The molecule has 2 unspecified atom stereocenters. The molecule has 0 spiro atoms. The van der Waals surface area contributed by atoms with Crippen LogP contribution in [-0.4, -0.2) is 28.4 Å². The van der Waals surface area contributed by atoms with Crippen molar-refractivity contribution in [3.8, 4) is 0 Å². The molecular weight excluding hydrogens is 362 g/mol. The van der Waals surface area contributed by atoms with Gasteiger partial charge in [-0.25, -0.2) is 0 Å². The van der Waals surface area contributed by atoms with Crippen molar-refractivity contribution in [2.24, 2.45) is 0 Å². The van der Waals surface area contributed by atoms with Crippen molar-refractivity contribution in [3.63, 3.8) is 0 Å². The van der Waals surface area contributed by atoms with E-state index in [1.807, 2.05) is 66.9 Å². The van der Waals surface area contributed by atoms with Crippen LogP contribution in [0.2, 0.25) is 0 Å². The Morgan fingerprint density at radius 1 is 1.00 bits per heavy atom. The van der Waals surface area contributed by atoms with Crippen molar-refractivity contribution >= 4 is 5.91 Å². The quantitative estimate of drug-likeness (QED) is 0.672. The first-order valence-corrected chi connectivity index (χ1v) is 9.91. The van der Waals surface area contributed by atoms with Crippen LogP contribution in [0, 0.1) is 0 Å². The Hall–Kier alpha value is -3.02. The lowest BCUT2D eigenvalue weighted by Gasteiger charge is -2.28. The van der Waals surface area contributed by atoms with Gasteiger partial charge in [0.25, 0.3) is 0 Å². The van der Waals surface area contributed by atoms with E-state index in [-0.39, 0.29) is 18.2 Å². The molecule has 4 rings (SSSR count). The number of benzene rings is 2. The van der Waals surface area contributed by atoms with E-state index in [0.717, 1.165) is 17.7 Å². The Labute approximate surface area is 171 Å². The van der Waals surface area contributed by atoms with Crippen LogP contribution in [0.15, 0.2) is 85.2 Å². The lowest BCUT2D eigenvalue weighted by Crippen LogP contribution is -2.37. The summed E-state index contributed by atoms with van der Waals surface area (Å²) in [5.41, 5.74) is 3.30. The van der Waals surface area contributed by atoms with E-state index in [9.17, 15) is 4.79 Å². The molecule has 1 aliphatic rings. The third-order valence-electron chi connectivity index (χ3n) is 5.15. The second-order valence-electron chi connectivity index (χ2n) is 7.25. The van der Waals surface area contributed by atoms with E-state index in [1.165, 1.54) is 5.56 Å². The van der Waals surface area contributed by atoms with Crippen LogP contribution in [-0.2, 0) is 22.6 Å². The van der Waals surface area contributed by atoms with Crippen molar-refractivity contribution in [2.75, 3.05) is 6.61 Å². The number of carbonyl (C=O) groups excluding carboxylic acids is 1. The standard InChI is InChI=1S/C24H25N3O2/c28-23(26-15-19-8-3-1-4-9-19)14-22-18-29-24(21-12-7-13-25-16-21)27(22)17-20-10-5-2-6-11-20/h1-13,16,22,24H,14-15,17-18H2,(H,26,28). The number of aromatic nitrogens is 1. The SMILES string of the molecule is O=C(CC1COC(c2cccnc2)N1Cc1ccccc1)NCc1ccccc1. The molecule has 148 valence electrons. The van der Waals surface area contributed by atoms with E-state index < -0.39 is 0 Å². The van der Waals surface area contributed by atoms with Gasteiger partial charge < -0.3 is 10.1 Å². The van der Waals surface area contributed by atoms with Crippen LogP contribution in [0.1, 0.15) is 29.3 Å². The highest BCUT2D eigenvalue weighted by atomic mass is 16.5. The van der Waals surface area contributed by atoms with Gasteiger partial charge in [-0.2, -0.15) is 0 Å². The third-order valence-corrected chi connectivity index (χ3v) is 5.15. The molecule has 1 N–H and O–H groups in total. The molecule has 2 atom stereocenters. The summed E-state index contributed by atoms with van der Waals surface area (Å²) in [5, 5.41) is 3.03. The molecule has 1 fully saturated rings. The molecule has 2 heterocycles. The van der Waals surface area contributed by atoms with E-state index in [2.05, 4.69) is 27.3 Å². The van der Waals surface area contributed by atoms with E-state index in [4.69, 9.17) is 4.74 Å². The topological polar surface area (TPSA) is 54.5 Å². The van der Waals surface area contributed by atoms with E-state index in [0.29, 0.717) is 19.6 Å². The van der Waals surface area contributed by atoms with Gasteiger partial charge in [0.05, 0.1) is 6.61 Å². The number of hydrogen-bond donors (Lipinski definition) is 1. The van der Waals surface area contributed by atoms with Gasteiger partial charge in [0, 0.05) is 43.5 Å². The van der Waals surface area contributed by atoms with Gasteiger partial charge in [-0.15, -0.1) is 0 Å². The first kappa shape index (κ1) is 19.3. The highest BCUT2D eigenvalue weighted by molar-refractivity contribution is 5.76. The fourth-order valence-electron chi connectivity index (χ4n) is 3.66. The highest BCUT2D eigenvalue weighted by Gasteiger charge is 2.36. The monoisotopic (exact) mass is 387 g/mol. The number of hydrogen-bond acceptors (Lipinski definition) is 4. The summed E-state index contributed by atoms with van der Waals surface area (Å²) in [6.45, 7) is 1.78. The fourth-order valence-corrected chi connectivity index (χ4v) is 3.66. The highest BCUT2D eigenvalue weighted by Crippen LogP contribution is 2.33. The molecule has 3 aromatic rings. The second kappa shape index (κ2) is 9.45. The Kier molecular flexibility index (Phi) is 6.29. The maximum Gasteiger partial charge on any atom is 0.221 e. The normalized spacial score (nSPS) is 19.2. The van der Waals surface area contributed by atoms with Crippen molar-refractivity contribution in [1.82, 2.24) is 15.2 Å². The lowest BCUT2D eigenvalue weighted by atomic mass is 10.1. The molecule has 1 aromatic heterocycles. The Balaban J connectivity index is 1.45. The molecule has 2 aromatic carbocycles. The average molecular weight is 387 g/mol. The van der Waals surface area contributed by atoms with Gasteiger partial charge in [-0.3, -0.25) is 14.7 Å². The van der Waals surface area contributed by atoms with Crippen LogP contribution >= 0.6 is 0 Å². The van der Waals surface area contributed by atoms with Gasteiger partial charge >= 0.3 is 0 Å². The number of amides is 1. The van der Waals surface area contributed by atoms with Crippen LogP contribution in [0.3, 0.4) is 0 Å². The number of nitrogens with zero attached hydrogens (tertiary/aromatic N) is 2. The van der Waals surface area contributed by atoms with E-state index in [1.54, 1.807) is 6.20 Å². The molecular formula is C24H25N3O2. The van der Waals surface area contributed by atoms with E-state index >= 15 is 0 Å². The number of ether oxygens (including phenoxy) is 1. The smallest absolute Gasteiger partial charge is 0.221 e. The number of rotatable bonds is 7. The zero-order valence-corrected chi connectivity index (χ0v) is 16.3. The summed E-state index contributed by atoms with van der Waals surface area (Å²) in [4.78, 5) is 19.1. The molecule has 1 aliphatic heterocycles. The third kappa shape index (κ3) is 5.08. The van der Waals surface area contributed by atoms with Gasteiger partial charge in [0.15, 0.2) is 0 Å². The summed E-state index contributed by atoms with van der Waals surface area (Å²) >= 11 is 0. The molecule has 5 nitrogen and oxygen atoms in total. The van der Waals surface area contributed by atoms with Crippen molar-refractivity contribution in [2.45, 2.75) is 31.8 Å². The maximum atomic E-state index is 12.6. The van der Waals surface area contributed by atoms with Crippen LogP contribution in [0.25, 0.3) is 0 Å². The molecule has 0 bridgehead atoms. The van der Waals surface area contributed by atoms with Crippen LogP contribution in [0.4, 0.5) is 0 Å². The predicted molar refractivity (Wildman–Crippen MR) is 112 cm³/mol. The fraction of sp³-hybridized carbons (Fsp3) is 0.250. The molecule has 29 heavy (non-hydrogen) atoms. The number of nitrogens with one attached hydrogen (secondary N) is 1. The molecule has 0 saturated carbocycles. The minimum Gasteiger partial charge on any atom is -0.357 e. The molecule has 0 radical (unpaired) electrons. The van der Waals surface area contributed by atoms with Gasteiger partial charge in [-0.1, -0.05) is 66.7 Å². The number of pyridine rings is 1. The molecule has 5 heteroatoms.